The first kappa shape index (κ1) is 14.8. The number of nitrogens with one attached hydrogen (secondary N) is 1. The molecule has 2 fully saturated rings. The molecule has 3 heteroatoms. The molecule has 1 saturated heterocycles. The Kier molecular flexibility index (Phi) is 4.21. The Morgan fingerprint density at radius 2 is 2.05 bits per heavy atom. The van der Waals surface area contributed by atoms with Gasteiger partial charge in [-0.1, -0.05) is 26.8 Å². The molecule has 2 heterocycles. The van der Waals surface area contributed by atoms with Gasteiger partial charge in [0.2, 0.25) is 0 Å². The highest BCUT2D eigenvalue weighted by molar-refractivity contribution is 5.41. The molecule has 1 aliphatic heterocycles. The van der Waals surface area contributed by atoms with Crippen LogP contribution in [-0.4, -0.2) is 30.7 Å². The van der Waals surface area contributed by atoms with Gasteiger partial charge in [-0.15, -0.1) is 0 Å². The Balaban J connectivity index is 1.59. The Morgan fingerprint density at radius 1 is 1.24 bits per heavy atom. The van der Waals surface area contributed by atoms with E-state index in [9.17, 15) is 0 Å². The van der Waals surface area contributed by atoms with Crippen LogP contribution in [0.1, 0.15) is 52.0 Å². The summed E-state index contributed by atoms with van der Waals surface area (Å²) < 4.78 is 0. The highest BCUT2D eigenvalue weighted by Gasteiger charge is 2.25. The minimum Gasteiger partial charge on any atom is -0.356 e. The molecule has 1 atom stereocenters. The zero-order valence-corrected chi connectivity index (χ0v) is 13.7. The molecule has 1 aliphatic carbocycles. The van der Waals surface area contributed by atoms with E-state index in [0.717, 1.165) is 30.9 Å². The lowest BCUT2D eigenvalue weighted by Crippen LogP contribution is -2.40. The second-order valence-electron chi connectivity index (χ2n) is 7.79. The predicted molar refractivity (Wildman–Crippen MR) is 88.9 cm³/mol. The molecular weight excluding hydrogens is 258 g/mol. The standard InChI is InChI=1S/C18H29N3/c1-18(2,3)15-6-9-17(20-12-15)21-10-4-5-14(13-21)11-19-16-7-8-16/h6,9,12,14,16,19H,4-5,7-8,10-11,13H2,1-3H3. The summed E-state index contributed by atoms with van der Waals surface area (Å²) in [5.74, 6) is 1.93. The van der Waals surface area contributed by atoms with Crippen LogP contribution in [0.3, 0.4) is 0 Å². The summed E-state index contributed by atoms with van der Waals surface area (Å²) in [6.45, 7) is 10.2. The Morgan fingerprint density at radius 3 is 2.67 bits per heavy atom. The molecule has 1 saturated carbocycles. The van der Waals surface area contributed by atoms with Crippen molar-refractivity contribution in [3.05, 3.63) is 23.9 Å². The van der Waals surface area contributed by atoms with Crippen LogP contribution in [-0.2, 0) is 5.41 Å². The van der Waals surface area contributed by atoms with Crippen molar-refractivity contribution in [1.82, 2.24) is 10.3 Å². The van der Waals surface area contributed by atoms with E-state index in [0.29, 0.717) is 0 Å². The van der Waals surface area contributed by atoms with Crippen molar-refractivity contribution in [2.24, 2.45) is 5.92 Å². The van der Waals surface area contributed by atoms with Gasteiger partial charge in [0.25, 0.3) is 0 Å². The SMILES string of the molecule is CC(C)(C)c1ccc(N2CCCC(CNC3CC3)C2)nc1. The monoisotopic (exact) mass is 287 g/mol. The first-order valence-corrected chi connectivity index (χ1v) is 8.47. The number of anilines is 1. The van der Waals surface area contributed by atoms with E-state index in [4.69, 9.17) is 4.98 Å². The molecule has 1 N–H and O–H groups in total. The number of piperidine rings is 1. The molecule has 0 spiro atoms. The second-order valence-corrected chi connectivity index (χ2v) is 7.79. The molecule has 0 bridgehead atoms. The van der Waals surface area contributed by atoms with Crippen LogP contribution >= 0.6 is 0 Å². The number of nitrogens with zero attached hydrogens (tertiary/aromatic N) is 2. The van der Waals surface area contributed by atoms with Gasteiger partial charge in [-0.2, -0.15) is 0 Å². The van der Waals surface area contributed by atoms with Crippen LogP contribution in [0.25, 0.3) is 0 Å². The number of hydrogen-bond acceptors (Lipinski definition) is 3. The van der Waals surface area contributed by atoms with Gasteiger partial charge in [-0.05, 0) is 55.2 Å². The molecule has 1 aromatic rings. The Hall–Kier alpha value is -1.09. The molecule has 1 aromatic heterocycles. The maximum Gasteiger partial charge on any atom is 0.128 e. The molecule has 0 amide bonds. The number of hydrogen-bond donors (Lipinski definition) is 1. The van der Waals surface area contributed by atoms with Crippen LogP contribution in [0.5, 0.6) is 0 Å². The lowest BCUT2D eigenvalue weighted by molar-refractivity contribution is 0.389. The quantitative estimate of drug-likeness (QED) is 0.920. The van der Waals surface area contributed by atoms with Crippen LogP contribution in [0, 0.1) is 5.92 Å². The van der Waals surface area contributed by atoms with E-state index in [1.807, 2.05) is 0 Å². The van der Waals surface area contributed by atoms with Gasteiger partial charge in [0.15, 0.2) is 0 Å². The third-order valence-corrected chi connectivity index (χ3v) is 4.73. The summed E-state index contributed by atoms with van der Waals surface area (Å²) in [5.41, 5.74) is 1.50. The van der Waals surface area contributed by atoms with E-state index in [2.05, 4.69) is 49.3 Å². The summed E-state index contributed by atoms with van der Waals surface area (Å²) in [4.78, 5) is 7.18. The average molecular weight is 287 g/mol. The van der Waals surface area contributed by atoms with Crippen molar-refractivity contribution >= 4 is 5.82 Å². The van der Waals surface area contributed by atoms with E-state index in [1.54, 1.807) is 0 Å². The normalized spacial score (nSPS) is 23.4. The van der Waals surface area contributed by atoms with Gasteiger partial charge >= 0.3 is 0 Å². The van der Waals surface area contributed by atoms with Crippen molar-refractivity contribution in [2.75, 3.05) is 24.5 Å². The minimum absolute atomic E-state index is 0.185. The topological polar surface area (TPSA) is 28.2 Å². The zero-order valence-electron chi connectivity index (χ0n) is 13.7. The molecule has 1 unspecified atom stereocenters. The third kappa shape index (κ3) is 3.97. The molecule has 0 radical (unpaired) electrons. The van der Waals surface area contributed by atoms with Crippen LogP contribution in [0.15, 0.2) is 18.3 Å². The van der Waals surface area contributed by atoms with Gasteiger partial charge in [-0.25, -0.2) is 4.98 Å². The van der Waals surface area contributed by atoms with E-state index >= 15 is 0 Å². The summed E-state index contributed by atoms with van der Waals surface area (Å²) in [5, 5.41) is 3.68. The number of rotatable bonds is 4. The lowest BCUT2D eigenvalue weighted by atomic mass is 9.88. The number of aromatic nitrogens is 1. The highest BCUT2D eigenvalue weighted by atomic mass is 15.2. The van der Waals surface area contributed by atoms with Crippen molar-refractivity contribution in [3.63, 3.8) is 0 Å². The molecule has 2 aliphatic rings. The van der Waals surface area contributed by atoms with Crippen LogP contribution in [0.2, 0.25) is 0 Å². The first-order valence-electron chi connectivity index (χ1n) is 8.47. The van der Waals surface area contributed by atoms with Crippen molar-refractivity contribution in [1.29, 1.82) is 0 Å². The molecule has 21 heavy (non-hydrogen) atoms. The summed E-state index contributed by atoms with van der Waals surface area (Å²) >= 11 is 0. The maximum absolute atomic E-state index is 4.72. The van der Waals surface area contributed by atoms with Crippen LogP contribution in [0.4, 0.5) is 5.82 Å². The summed E-state index contributed by atoms with van der Waals surface area (Å²) in [6.07, 6.45) is 7.47. The first-order chi connectivity index (χ1) is 10.0. The summed E-state index contributed by atoms with van der Waals surface area (Å²) in [6, 6.07) is 5.27. The van der Waals surface area contributed by atoms with Gasteiger partial charge in [0.1, 0.15) is 5.82 Å². The molecular formula is C18H29N3. The fourth-order valence-corrected chi connectivity index (χ4v) is 3.08. The molecule has 0 aromatic carbocycles. The van der Waals surface area contributed by atoms with Crippen molar-refractivity contribution < 1.29 is 0 Å². The van der Waals surface area contributed by atoms with Gasteiger partial charge in [-0.3, -0.25) is 0 Å². The largest absolute Gasteiger partial charge is 0.356 e. The van der Waals surface area contributed by atoms with Crippen LogP contribution < -0.4 is 10.2 Å². The van der Waals surface area contributed by atoms with Crippen molar-refractivity contribution in [2.45, 2.75) is 57.9 Å². The highest BCUT2D eigenvalue weighted by Crippen LogP contribution is 2.26. The van der Waals surface area contributed by atoms with Crippen molar-refractivity contribution in [3.8, 4) is 0 Å². The number of pyridine rings is 1. The van der Waals surface area contributed by atoms with E-state index < -0.39 is 0 Å². The Bertz CT molecular complexity index is 456. The zero-order chi connectivity index (χ0) is 14.9. The van der Waals surface area contributed by atoms with E-state index in [1.165, 1.54) is 37.8 Å². The molecule has 116 valence electrons. The fourth-order valence-electron chi connectivity index (χ4n) is 3.08. The maximum atomic E-state index is 4.72. The lowest BCUT2D eigenvalue weighted by Gasteiger charge is -2.34. The fraction of sp³-hybridized carbons (Fsp3) is 0.722. The van der Waals surface area contributed by atoms with Gasteiger partial charge in [0.05, 0.1) is 0 Å². The van der Waals surface area contributed by atoms with E-state index in [-0.39, 0.29) is 5.41 Å². The predicted octanol–water partition coefficient (Wildman–Crippen LogP) is 3.35. The molecule has 3 nitrogen and oxygen atoms in total. The minimum atomic E-state index is 0.185. The Labute approximate surface area is 129 Å². The summed E-state index contributed by atoms with van der Waals surface area (Å²) in [7, 11) is 0. The smallest absolute Gasteiger partial charge is 0.128 e. The third-order valence-electron chi connectivity index (χ3n) is 4.73. The molecule has 3 rings (SSSR count). The second kappa shape index (κ2) is 5.96. The van der Waals surface area contributed by atoms with Gasteiger partial charge in [0, 0.05) is 25.3 Å². The van der Waals surface area contributed by atoms with Gasteiger partial charge < -0.3 is 10.2 Å². The average Bonchev–Trinajstić information content (AvgIpc) is 3.29.